The molecule has 4 heterocycles. The summed E-state index contributed by atoms with van der Waals surface area (Å²) in [5.74, 6) is -5.95. The normalized spacial score (nSPS) is 16.3. The van der Waals surface area contributed by atoms with E-state index in [0.29, 0.717) is 23.0 Å². The topological polar surface area (TPSA) is 112 Å². The summed E-state index contributed by atoms with van der Waals surface area (Å²) >= 11 is 0. The SMILES string of the molecule is C=CC(=O)N1CCN2c3nc(=O)n(-c4c(C)ccnc4C(C)C)c4cc(-c5c(O)ccc(F)c5F)c(F)c(c34)N(C)C(=O)C2C1. The Morgan fingerprint density at radius 2 is 1.84 bits per heavy atom. The second kappa shape index (κ2) is 10.8. The number of nitrogens with zero attached hydrogens (tertiary/aromatic N) is 6. The van der Waals surface area contributed by atoms with Crippen molar-refractivity contribution < 1.29 is 27.9 Å². The summed E-state index contributed by atoms with van der Waals surface area (Å²) in [5, 5.41) is 10.7. The second-order valence-electron chi connectivity index (χ2n) is 11.4. The molecule has 1 fully saturated rings. The Balaban J connectivity index is 1.79. The minimum absolute atomic E-state index is 0.00308. The Bertz CT molecular complexity index is 2010. The summed E-state index contributed by atoms with van der Waals surface area (Å²) in [5.41, 5.74) is -0.948. The van der Waals surface area contributed by atoms with E-state index >= 15 is 8.78 Å². The summed E-state index contributed by atoms with van der Waals surface area (Å²) < 4.78 is 47.9. The largest absolute Gasteiger partial charge is 0.507 e. The fourth-order valence-corrected chi connectivity index (χ4v) is 6.24. The maximum atomic E-state index is 16.8. The smallest absolute Gasteiger partial charge is 0.354 e. The number of phenolic OH excluding ortho intramolecular Hbond substituents is 1. The molecule has 10 nitrogen and oxygen atoms in total. The molecule has 0 radical (unpaired) electrons. The van der Waals surface area contributed by atoms with Crippen molar-refractivity contribution >= 4 is 34.2 Å². The van der Waals surface area contributed by atoms with Crippen LogP contribution in [0.2, 0.25) is 0 Å². The van der Waals surface area contributed by atoms with Gasteiger partial charge in [0.25, 0.3) is 5.91 Å². The molecule has 0 aliphatic carbocycles. The number of aryl methyl sites for hydroxylation is 1. The van der Waals surface area contributed by atoms with Crippen molar-refractivity contribution in [2.75, 3.05) is 36.5 Å². The van der Waals surface area contributed by atoms with Crippen LogP contribution in [0.15, 0.2) is 47.9 Å². The first kappa shape index (κ1) is 29.9. The minimum Gasteiger partial charge on any atom is -0.507 e. The molecule has 4 aromatic rings. The maximum absolute atomic E-state index is 16.8. The number of aromatic hydroxyl groups is 1. The van der Waals surface area contributed by atoms with Crippen LogP contribution >= 0.6 is 0 Å². The zero-order valence-electron chi connectivity index (χ0n) is 24.9. The van der Waals surface area contributed by atoms with E-state index < -0.39 is 57.9 Å². The van der Waals surface area contributed by atoms with E-state index in [1.807, 2.05) is 13.8 Å². The van der Waals surface area contributed by atoms with E-state index in [-0.39, 0.29) is 48.0 Å². The molecule has 6 rings (SSSR count). The van der Waals surface area contributed by atoms with Gasteiger partial charge in [0.2, 0.25) is 5.91 Å². The van der Waals surface area contributed by atoms with Gasteiger partial charge < -0.3 is 19.8 Å². The van der Waals surface area contributed by atoms with E-state index in [9.17, 15) is 23.9 Å². The molecule has 2 aliphatic rings. The number of halogens is 3. The number of benzene rings is 2. The number of phenols is 1. The molecule has 232 valence electrons. The third-order valence-corrected chi connectivity index (χ3v) is 8.43. The standard InChI is InChI=1S/C32H29F3N6O4/c1-6-22(43)39-11-12-40-20(14-39)31(44)38(5)29-24-19(13-17(25(29)34)23-21(42)8-7-18(33)26(23)35)41(32(45)37-30(24)40)28-16(4)9-10-36-27(28)15(2)3/h6-10,13,15,20,42H,1,11-12,14H2,2-5H3. The highest BCUT2D eigenvalue weighted by Gasteiger charge is 2.43. The fourth-order valence-electron chi connectivity index (χ4n) is 6.24. The molecule has 0 bridgehead atoms. The van der Waals surface area contributed by atoms with Crippen molar-refractivity contribution in [3.8, 4) is 22.6 Å². The highest BCUT2D eigenvalue weighted by Crippen LogP contribution is 2.46. The number of carbonyl (C=O) groups excluding carboxylic acids is 2. The summed E-state index contributed by atoms with van der Waals surface area (Å²) in [6.45, 7) is 9.20. The van der Waals surface area contributed by atoms with Gasteiger partial charge in [-0.1, -0.05) is 20.4 Å². The molecule has 2 aromatic carbocycles. The fraction of sp³-hybridized carbons (Fsp3) is 0.281. The zero-order valence-corrected chi connectivity index (χ0v) is 24.9. The first-order valence-electron chi connectivity index (χ1n) is 14.2. The number of fused-ring (bicyclic) bond motifs is 2. The zero-order chi connectivity index (χ0) is 32.5. The Morgan fingerprint density at radius 1 is 1.11 bits per heavy atom. The van der Waals surface area contributed by atoms with Crippen molar-refractivity contribution in [2.45, 2.75) is 32.7 Å². The lowest BCUT2D eigenvalue weighted by Gasteiger charge is -2.40. The van der Waals surface area contributed by atoms with E-state index in [1.54, 1.807) is 24.1 Å². The van der Waals surface area contributed by atoms with Crippen molar-refractivity contribution in [1.82, 2.24) is 19.4 Å². The van der Waals surface area contributed by atoms with Gasteiger partial charge in [-0.15, -0.1) is 0 Å². The van der Waals surface area contributed by atoms with Gasteiger partial charge in [0.1, 0.15) is 17.6 Å². The molecular formula is C32H29F3N6O4. The van der Waals surface area contributed by atoms with Gasteiger partial charge in [-0.05, 0) is 48.7 Å². The van der Waals surface area contributed by atoms with E-state index in [4.69, 9.17) is 0 Å². The molecule has 2 amide bonds. The molecule has 2 aliphatic heterocycles. The molecular weight excluding hydrogens is 589 g/mol. The number of piperazine rings is 1. The summed E-state index contributed by atoms with van der Waals surface area (Å²) in [6, 6.07) is 3.39. The van der Waals surface area contributed by atoms with Gasteiger partial charge in [0.05, 0.1) is 40.1 Å². The van der Waals surface area contributed by atoms with Gasteiger partial charge >= 0.3 is 5.69 Å². The molecule has 0 spiro atoms. The Morgan fingerprint density at radius 3 is 2.53 bits per heavy atom. The molecule has 45 heavy (non-hydrogen) atoms. The number of likely N-dealkylation sites (N-methyl/N-ethyl adjacent to an activating group) is 1. The Labute approximate surface area is 255 Å². The van der Waals surface area contributed by atoms with Crippen molar-refractivity contribution in [1.29, 1.82) is 0 Å². The lowest BCUT2D eigenvalue weighted by molar-refractivity contribution is -0.128. The van der Waals surface area contributed by atoms with Gasteiger partial charge in [-0.3, -0.25) is 19.1 Å². The van der Waals surface area contributed by atoms with E-state index in [1.165, 1.54) is 16.5 Å². The van der Waals surface area contributed by atoms with Gasteiger partial charge in [0, 0.05) is 31.9 Å². The van der Waals surface area contributed by atoms with Crippen molar-refractivity contribution in [3.05, 3.63) is 82.3 Å². The molecule has 0 saturated carbocycles. The molecule has 2 aromatic heterocycles. The summed E-state index contributed by atoms with van der Waals surface area (Å²) in [6.07, 6.45) is 2.72. The first-order chi connectivity index (χ1) is 21.4. The molecule has 1 unspecified atom stereocenters. The van der Waals surface area contributed by atoms with Crippen LogP contribution in [0.4, 0.5) is 24.7 Å². The van der Waals surface area contributed by atoms with Gasteiger partial charge in [-0.2, -0.15) is 4.98 Å². The van der Waals surface area contributed by atoms with Crippen LogP contribution in [-0.4, -0.2) is 69.1 Å². The van der Waals surface area contributed by atoms with Crippen LogP contribution in [0.3, 0.4) is 0 Å². The van der Waals surface area contributed by atoms with Crippen molar-refractivity contribution in [3.63, 3.8) is 0 Å². The summed E-state index contributed by atoms with van der Waals surface area (Å²) in [7, 11) is 1.32. The van der Waals surface area contributed by atoms with E-state index in [0.717, 1.165) is 23.1 Å². The van der Waals surface area contributed by atoms with Gasteiger partial charge in [-0.25, -0.2) is 18.0 Å². The Kier molecular flexibility index (Phi) is 7.13. The number of anilines is 2. The van der Waals surface area contributed by atoms with Crippen LogP contribution in [-0.2, 0) is 9.59 Å². The van der Waals surface area contributed by atoms with Crippen molar-refractivity contribution in [2.24, 2.45) is 0 Å². The van der Waals surface area contributed by atoms with Gasteiger partial charge in [0.15, 0.2) is 17.5 Å². The number of amides is 2. The minimum atomic E-state index is -1.51. The van der Waals surface area contributed by atoms with Crippen LogP contribution in [0.1, 0.15) is 31.0 Å². The molecule has 13 heteroatoms. The van der Waals surface area contributed by atoms with Crippen LogP contribution in [0.25, 0.3) is 27.7 Å². The third kappa shape index (κ3) is 4.44. The number of carbonyl (C=O) groups is 2. The number of pyridine rings is 1. The van der Waals surface area contributed by atoms with Crippen LogP contribution < -0.4 is 15.5 Å². The van der Waals surface area contributed by atoms with Crippen LogP contribution in [0.5, 0.6) is 5.75 Å². The molecule has 1 atom stereocenters. The number of hydrogen-bond acceptors (Lipinski definition) is 7. The average molecular weight is 619 g/mol. The molecule has 1 N–H and O–H groups in total. The van der Waals surface area contributed by atoms with Crippen LogP contribution in [0, 0.1) is 24.4 Å². The lowest BCUT2D eigenvalue weighted by atomic mass is 9.98. The lowest BCUT2D eigenvalue weighted by Crippen LogP contribution is -2.60. The highest BCUT2D eigenvalue weighted by atomic mass is 19.2. The summed E-state index contributed by atoms with van der Waals surface area (Å²) in [4.78, 5) is 53.5. The predicted octanol–water partition coefficient (Wildman–Crippen LogP) is 4.18. The monoisotopic (exact) mass is 618 g/mol. The predicted molar refractivity (Wildman–Crippen MR) is 162 cm³/mol. The van der Waals surface area contributed by atoms with E-state index in [2.05, 4.69) is 16.5 Å². The average Bonchev–Trinajstić information content (AvgIpc) is 3.10. The second-order valence-corrected chi connectivity index (χ2v) is 11.4. The first-order valence-corrected chi connectivity index (χ1v) is 14.2. The number of aromatic nitrogens is 3. The quantitative estimate of drug-likeness (QED) is 0.342. The maximum Gasteiger partial charge on any atom is 0.354 e. The number of hydrogen-bond donors (Lipinski definition) is 1. The highest BCUT2D eigenvalue weighted by molar-refractivity contribution is 6.14. The molecule has 1 saturated heterocycles. The number of rotatable bonds is 4. The Hall–Kier alpha value is -5.20. The third-order valence-electron chi connectivity index (χ3n) is 8.43.